The molecular formula is C22H28N6O2. The number of nitrogens with two attached hydrogens (primary N) is 1. The molecule has 1 aromatic carbocycles. The van der Waals surface area contributed by atoms with Crippen molar-refractivity contribution in [1.82, 2.24) is 19.7 Å². The molecule has 0 saturated carbocycles. The number of nitrogens with one attached hydrogen (secondary N) is 2. The fourth-order valence-corrected chi connectivity index (χ4v) is 4.23. The van der Waals surface area contributed by atoms with Crippen LogP contribution in [0.25, 0.3) is 10.9 Å². The number of hydrogen-bond donors (Lipinski definition) is 3. The summed E-state index contributed by atoms with van der Waals surface area (Å²) in [6.45, 7) is 6.55. The maximum atomic E-state index is 12.9. The molecule has 8 heteroatoms. The Morgan fingerprint density at radius 2 is 2.17 bits per heavy atom. The van der Waals surface area contributed by atoms with Crippen molar-refractivity contribution in [2.24, 2.45) is 11.7 Å². The third-order valence-electron chi connectivity index (χ3n) is 5.64. The van der Waals surface area contributed by atoms with Gasteiger partial charge < -0.3 is 20.5 Å². The van der Waals surface area contributed by atoms with E-state index in [1.54, 1.807) is 4.90 Å². The molecule has 3 amide bonds. The summed E-state index contributed by atoms with van der Waals surface area (Å²) in [4.78, 5) is 26.3. The van der Waals surface area contributed by atoms with Crippen LogP contribution >= 0.6 is 0 Å². The molecule has 1 aliphatic heterocycles. The molecule has 30 heavy (non-hydrogen) atoms. The molecule has 0 radical (unpaired) electrons. The summed E-state index contributed by atoms with van der Waals surface area (Å²) >= 11 is 0. The normalized spacial score (nSPS) is 16.9. The fraction of sp³-hybridized carbons (Fsp3) is 0.409. The highest BCUT2D eigenvalue weighted by atomic mass is 16.2. The largest absolute Gasteiger partial charge is 0.365 e. The van der Waals surface area contributed by atoms with Gasteiger partial charge in [-0.15, -0.1) is 0 Å². The van der Waals surface area contributed by atoms with Crippen LogP contribution in [0, 0.1) is 5.92 Å². The second kappa shape index (κ2) is 8.22. The summed E-state index contributed by atoms with van der Waals surface area (Å²) in [5.74, 6) is 0.0806. The minimum Gasteiger partial charge on any atom is -0.365 e. The number of aromatic amines is 1. The third kappa shape index (κ3) is 4.03. The predicted molar refractivity (Wildman–Crippen MR) is 116 cm³/mol. The average Bonchev–Trinajstić information content (AvgIpc) is 3.35. The van der Waals surface area contributed by atoms with Gasteiger partial charge >= 0.3 is 6.03 Å². The highest BCUT2D eigenvalue weighted by molar-refractivity contribution is 5.94. The number of aromatic nitrogens is 3. The van der Waals surface area contributed by atoms with Crippen molar-refractivity contribution >= 4 is 28.5 Å². The van der Waals surface area contributed by atoms with Crippen LogP contribution in [0.4, 0.5) is 10.5 Å². The van der Waals surface area contributed by atoms with Crippen molar-refractivity contribution in [2.45, 2.75) is 39.2 Å². The standard InChI is InChI=1S/C22H28N6O2/c1-14(2)12-27-9-7-15-10-17(5-6-19(15)27)25-22(30)28-8-3-4-16(13-28)20-18(21(23)29)11-24-26-20/h5-7,9-11,14,16H,3-4,8,12-13H2,1-2H3,(H2,23,29)(H,24,26)(H,25,30). The summed E-state index contributed by atoms with van der Waals surface area (Å²) in [6, 6.07) is 7.94. The van der Waals surface area contributed by atoms with Gasteiger partial charge in [0.1, 0.15) is 0 Å². The molecular weight excluding hydrogens is 380 g/mol. The van der Waals surface area contributed by atoms with Gasteiger partial charge in [0.25, 0.3) is 5.91 Å². The Labute approximate surface area is 175 Å². The number of carbonyl (C=O) groups is 2. The molecule has 4 rings (SSSR count). The van der Waals surface area contributed by atoms with Crippen LogP contribution in [-0.2, 0) is 6.54 Å². The molecule has 1 saturated heterocycles. The predicted octanol–water partition coefficient (Wildman–Crippen LogP) is 3.53. The Hall–Kier alpha value is -3.29. The number of H-pyrrole nitrogens is 1. The second-order valence-electron chi connectivity index (χ2n) is 8.41. The number of urea groups is 1. The molecule has 1 aliphatic rings. The van der Waals surface area contributed by atoms with Crippen LogP contribution in [0.5, 0.6) is 0 Å². The number of fused-ring (bicyclic) bond motifs is 1. The molecule has 0 spiro atoms. The van der Waals surface area contributed by atoms with Crippen molar-refractivity contribution in [3.05, 3.63) is 47.9 Å². The first-order valence-corrected chi connectivity index (χ1v) is 10.4. The highest BCUT2D eigenvalue weighted by Gasteiger charge is 2.28. The van der Waals surface area contributed by atoms with E-state index in [0.29, 0.717) is 30.3 Å². The quantitative estimate of drug-likeness (QED) is 0.601. The van der Waals surface area contributed by atoms with E-state index in [2.05, 4.69) is 52.3 Å². The fourth-order valence-electron chi connectivity index (χ4n) is 4.23. The molecule has 1 unspecified atom stereocenters. The molecule has 2 aromatic heterocycles. The van der Waals surface area contributed by atoms with Crippen LogP contribution in [0.1, 0.15) is 48.7 Å². The number of carbonyl (C=O) groups excluding carboxylic acids is 2. The topological polar surface area (TPSA) is 109 Å². The van der Waals surface area contributed by atoms with E-state index in [1.165, 1.54) is 6.20 Å². The summed E-state index contributed by atoms with van der Waals surface area (Å²) < 4.78 is 2.24. The Morgan fingerprint density at radius 1 is 1.33 bits per heavy atom. The van der Waals surface area contributed by atoms with Crippen molar-refractivity contribution in [1.29, 1.82) is 0 Å². The van der Waals surface area contributed by atoms with Crippen LogP contribution in [0.2, 0.25) is 0 Å². The SMILES string of the molecule is CC(C)Cn1ccc2cc(NC(=O)N3CCCC(c4[nH]ncc4C(N)=O)C3)ccc21. The monoisotopic (exact) mass is 408 g/mol. The van der Waals surface area contributed by atoms with Gasteiger partial charge in [-0.1, -0.05) is 13.8 Å². The number of nitrogens with zero attached hydrogens (tertiary/aromatic N) is 3. The minimum absolute atomic E-state index is 0.0158. The first-order chi connectivity index (χ1) is 14.4. The maximum absolute atomic E-state index is 12.9. The average molecular weight is 409 g/mol. The van der Waals surface area contributed by atoms with Gasteiger partial charge in [0, 0.05) is 48.3 Å². The van der Waals surface area contributed by atoms with Crippen LogP contribution in [0.15, 0.2) is 36.7 Å². The Kier molecular flexibility index (Phi) is 5.48. The molecule has 1 atom stereocenters. The van der Waals surface area contributed by atoms with Gasteiger partial charge in [0.2, 0.25) is 0 Å². The highest BCUT2D eigenvalue weighted by Crippen LogP contribution is 2.28. The van der Waals surface area contributed by atoms with E-state index >= 15 is 0 Å². The van der Waals surface area contributed by atoms with E-state index in [-0.39, 0.29) is 11.9 Å². The van der Waals surface area contributed by atoms with Gasteiger partial charge in [-0.05, 0) is 43.0 Å². The number of hydrogen-bond acceptors (Lipinski definition) is 3. The number of benzene rings is 1. The number of amides is 3. The van der Waals surface area contributed by atoms with Crippen molar-refractivity contribution in [3.63, 3.8) is 0 Å². The maximum Gasteiger partial charge on any atom is 0.321 e. The van der Waals surface area contributed by atoms with Gasteiger partial charge in [-0.3, -0.25) is 9.89 Å². The lowest BCUT2D eigenvalue weighted by atomic mass is 9.92. The van der Waals surface area contributed by atoms with E-state index in [0.717, 1.165) is 36.0 Å². The lowest BCUT2D eigenvalue weighted by Crippen LogP contribution is -2.42. The number of primary amides is 1. The van der Waals surface area contributed by atoms with Crippen LogP contribution < -0.4 is 11.1 Å². The molecule has 158 valence electrons. The van der Waals surface area contributed by atoms with Crippen molar-refractivity contribution < 1.29 is 9.59 Å². The number of likely N-dealkylation sites (tertiary alicyclic amines) is 1. The number of anilines is 1. The van der Waals surface area contributed by atoms with Gasteiger partial charge in [0.15, 0.2) is 0 Å². The van der Waals surface area contributed by atoms with E-state index in [1.807, 2.05) is 12.1 Å². The zero-order chi connectivity index (χ0) is 21.3. The molecule has 8 nitrogen and oxygen atoms in total. The molecule has 3 heterocycles. The molecule has 4 N–H and O–H groups in total. The summed E-state index contributed by atoms with van der Waals surface area (Å²) in [5.41, 5.74) is 8.50. The van der Waals surface area contributed by atoms with E-state index < -0.39 is 5.91 Å². The first-order valence-electron chi connectivity index (χ1n) is 10.4. The summed E-state index contributed by atoms with van der Waals surface area (Å²) in [6.07, 6.45) is 5.28. The van der Waals surface area contributed by atoms with Crippen LogP contribution in [-0.4, -0.2) is 44.7 Å². The summed E-state index contributed by atoms with van der Waals surface area (Å²) in [7, 11) is 0. The zero-order valence-electron chi connectivity index (χ0n) is 17.4. The zero-order valence-corrected chi connectivity index (χ0v) is 17.4. The van der Waals surface area contributed by atoms with E-state index in [4.69, 9.17) is 5.73 Å². The Morgan fingerprint density at radius 3 is 2.93 bits per heavy atom. The molecule has 0 aliphatic carbocycles. The van der Waals surface area contributed by atoms with E-state index in [9.17, 15) is 9.59 Å². The summed E-state index contributed by atoms with van der Waals surface area (Å²) in [5, 5.41) is 11.0. The van der Waals surface area contributed by atoms with Crippen molar-refractivity contribution in [2.75, 3.05) is 18.4 Å². The van der Waals surface area contributed by atoms with Gasteiger partial charge in [-0.2, -0.15) is 5.10 Å². The van der Waals surface area contributed by atoms with Gasteiger partial charge in [-0.25, -0.2) is 4.79 Å². The number of piperidine rings is 1. The molecule has 1 fully saturated rings. The smallest absolute Gasteiger partial charge is 0.321 e. The lowest BCUT2D eigenvalue weighted by Gasteiger charge is -2.32. The van der Waals surface area contributed by atoms with Gasteiger partial charge in [0.05, 0.1) is 17.5 Å². The lowest BCUT2D eigenvalue weighted by molar-refractivity contribution is 0.0998. The minimum atomic E-state index is -0.502. The Balaban J connectivity index is 1.45. The molecule has 3 aromatic rings. The first kappa shape index (κ1) is 20.0. The van der Waals surface area contributed by atoms with Crippen molar-refractivity contribution in [3.8, 4) is 0 Å². The number of rotatable bonds is 5. The molecule has 0 bridgehead atoms. The second-order valence-corrected chi connectivity index (χ2v) is 8.41. The van der Waals surface area contributed by atoms with Crippen LogP contribution in [0.3, 0.4) is 0 Å². The Bertz CT molecular complexity index is 1070. The third-order valence-corrected chi connectivity index (χ3v) is 5.64.